The third kappa shape index (κ3) is 4.45. The van der Waals surface area contributed by atoms with Gasteiger partial charge < -0.3 is 15.2 Å². The number of esters is 1. The molecule has 0 saturated carbocycles. The van der Waals surface area contributed by atoms with E-state index in [1.165, 1.54) is 12.2 Å². The van der Waals surface area contributed by atoms with Crippen LogP contribution in [0.25, 0.3) is 6.08 Å². The Hall–Kier alpha value is -2.60. The molecule has 7 heteroatoms. The van der Waals surface area contributed by atoms with E-state index in [0.717, 1.165) is 11.3 Å². The quantitative estimate of drug-likeness (QED) is 0.491. The Balaban J connectivity index is 2.40. The number of ether oxygens (including phenoxy) is 2. The first-order valence-electron chi connectivity index (χ1n) is 7.33. The van der Waals surface area contributed by atoms with Gasteiger partial charge in [-0.05, 0) is 24.6 Å². The van der Waals surface area contributed by atoms with Crippen LogP contribution in [0.1, 0.15) is 23.7 Å². The van der Waals surface area contributed by atoms with E-state index in [4.69, 9.17) is 26.8 Å². The van der Waals surface area contributed by atoms with Crippen molar-refractivity contribution in [2.45, 2.75) is 13.3 Å². The second kappa shape index (κ2) is 8.31. The fraction of sp³-hybridized carbons (Fsp3) is 0.235. The molecule has 126 valence electrons. The summed E-state index contributed by atoms with van der Waals surface area (Å²) in [6.07, 6.45) is 3.24. The molecule has 0 amide bonds. The molecule has 0 aliphatic rings. The molecule has 0 radical (unpaired) electrons. The lowest BCUT2D eigenvalue weighted by Gasteiger charge is -2.11. The van der Waals surface area contributed by atoms with E-state index in [1.54, 1.807) is 14.0 Å². The Kier molecular flexibility index (Phi) is 6.14. The summed E-state index contributed by atoms with van der Waals surface area (Å²) >= 11 is 6.23. The van der Waals surface area contributed by atoms with Gasteiger partial charge in [0.05, 0.1) is 19.4 Å². The molecule has 0 aliphatic heterocycles. The Morgan fingerprint density at radius 2 is 2.08 bits per heavy atom. The number of nitrogens with zero attached hydrogens (tertiary/aromatic N) is 2. The van der Waals surface area contributed by atoms with E-state index in [-0.39, 0.29) is 11.1 Å². The maximum Gasteiger partial charge on any atom is 0.330 e. The van der Waals surface area contributed by atoms with Crippen LogP contribution in [0.15, 0.2) is 30.3 Å². The van der Waals surface area contributed by atoms with Crippen LogP contribution in [0, 0.1) is 0 Å². The average Bonchev–Trinajstić information content (AvgIpc) is 2.56. The van der Waals surface area contributed by atoms with Crippen LogP contribution in [-0.4, -0.2) is 29.7 Å². The second-order valence-corrected chi connectivity index (χ2v) is 5.17. The topological polar surface area (TPSA) is 87.3 Å². The summed E-state index contributed by atoms with van der Waals surface area (Å²) < 4.78 is 10.2. The minimum absolute atomic E-state index is 0.0345. The van der Waals surface area contributed by atoms with Gasteiger partial charge >= 0.3 is 5.97 Å². The van der Waals surface area contributed by atoms with E-state index >= 15 is 0 Å². The molecule has 2 N–H and O–H groups in total. The van der Waals surface area contributed by atoms with E-state index in [2.05, 4.69) is 9.97 Å². The standard InChI is InChI=1S/C17H18ClN3O3/c1-3-24-15(22)9-8-13-12(16(18)21-17(19)20-13)10-11-6-4-5-7-14(11)23-2/h4-9H,3,10H2,1-2H3,(H2,19,20,21)/b9-8+. The second-order valence-electron chi connectivity index (χ2n) is 4.81. The molecule has 0 unspecified atom stereocenters. The Morgan fingerprint density at radius 3 is 2.79 bits per heavy atom. The maximum absolute atomic E-state index is 11.5. The Bertz CT molecular complexity index is 763. The summed E-state index contributed by atoms with van der Waals surface area (Å²) in [4.78, 5) is 19.7. The maximum atomic E-state index is 11.5. The predicted octanol–water partition coefficient (Wildman–Crippen LogP) is 2.89. The molecule has 0 saturated heterocycles. The first kappa shape index (κ1) is 17.7. The lowest BCUT2D eigenvalue weighted by molar-refractivity contribution is -0.137. The zero-order valence-electron chi connectivity index (χ0n) is 13.5. The smallest absolute Gasteiger partial charge is 0.330 e. The SMILES string of the molecule is CCOC(=O)/C=C/c1nc(N)nc(Cl)c1Cc1ccccc1OC. The van der Waals surface area contributed by atoms with Crippen molar-refractivity contribution in [1.29, 1.82) is 0 Å². The summed E-state index contributed by atoms with van der Waals surface area (Å²) in [7, 11) is 1.60. The van der Waals surface area contributed by atoms with Crippen LogP contribution in [0.4, 0.5) is 5.95 Å². The molecule has 1 aromatic carbocycles. The molecule has 2 rings (SSSR count). The first-order chi connectivity index (χ1) is 11.5. The minimum atomic E-state index is -0.464. The fourth-order valence-corrected chi connectivity index (χ4v) is 2.42. The van der Waals surface area contributed by atoms with Crippen molar-refractivity contribution in [3.63, 3.8) is 0 Å². The van der Waals surface area contributed by atoms with Crippen LogP contribution in [0.3, 0.4) is 0 Å². The number of nitrogen functional groups attached to an aromatic ring is 1. The van der Waals surface area contributed by atoms with E-state index in [0.29, 0.717) is 24.3 Å². The number of carbonyl (C=O) groups is 1. The average molecular weight is 348 g/mol. The summed E-state index contributed by atoms with van der Waals surface area (Å²) in [5.41, 5.74) is 7.69. The zero-order valence-corrected chi connectivity index (χ0v) is 14.2. The Morgan fingerprint density at radius 1 is 1.33 bits per heavy atom. The molecular weight excluding hydrogens is 330 g/mol. The van der Waals surface area contributed by atoms with E-state index in [9.17, 15) is 4.79 Å². The molecule has 0 spiro atoms. The molecule has 24 heavy (non-hydrogen) atoms. The van der Waals surface area contributed by atoms with Gasteiger partial charge in [-0.25, -0.2) is 14.8 Å². The monoisotopic (exact) mass is 347 g/mol. The van der Waals surface area contributed by atoms with Gasteiger partial charge in [-0.15, -0.1) is 0 Å². The largest absolute Gasteiger partial charge is 0.496 e. The van der Waals surface area contributed by atoms with Crippen LogP contribution in [0.5, 0.6) is 5.75 Å². The van der Waals surface area contributed by atoms with Gasteiger partial charge in [0.25, 0.3) is 0 Å². The van der Waals surface area contributed by atoms with Gasteiger partial charge in [-0.1, -0.05) is 29.8 Å². The molecule has 0 aliphatic carbocycles. The van der Waals surface area contributed by atoms with Crippen molar-refractivity contribution in [2.24, 2.45) is 0 Å². The van der Waals surface area contributed by atoms with Crippen molar-refractivity contribution in [3.8, 4) is 5.75 Å². The van der Waals surface area contributed by atoms with Gasteiger partial charge in [0, 0.05) is 18.1 Å². The van der Waals surface area contributed by atoms with Crippen molar-refractivity contribution >= 4 is 29.6 Å². The number of hydrogen-bond acceptors (Lipinski definition) is 6. The third-order valence-electron chi connectivity index (χ3n) is 3.23. The highest BCUT2D eigenvalue weighted by Gasteiger charge is 2.13. The normalized spacial score (nSPS) is 10.8. The number of anilines is 1. The number of halogens is 1. The number of para-hydroxylation sites is 1. The first-order valence-corrected chi connectivity index (χ1v) is 7.71. The zero-order chi connectivity index (χ0) is 17.5. The number of aromatic nitrogens is 2. The van der Waals surface area contributed by atoms with Crippen LogP contribution < -0.4 is 10.5 Å². The molecule has 6 nitrogen and oxygen atoms in total. The van der Waals surface area contributed by atoms with Gasteiger partial charge in [0.2, 0.25) is 5.95 Å². The van der Waals surface area contributed by atoms with Crippen LogP contribution >= 0.6 is 11.6 Å². The predicted molar refractivity (Wildman–Crippen MR) is 92.9 cm³/mol. The number of methoxy groups -OCH3 is 1. The van der Waals surface area contributed by atoms with Crippen molar-refractivity contribution in [3.05, 3.63) is 52.3 Å². The molecule has 0 bridgehead atoms. The van der Waals surface area contributed by atoms with Crippen molar-refractivity contribution < 1.29 is 14.3 Å². The summed E-state index contributed by atoms with van der Waals surface area (Å²) in [6, 6.07) is 7.56. The van der Waals surface area contributed by atoms with Gasteiger partial charge in [0.1, 0.15) is 10.9 Å². The highest BCUT2D eigenvalue weighted by molar-refractivity contribution is 6.30. The molecule has 2 aromatic rings. The van der Waals surface area contributed by atoms with Gasteiger partial charge in [-0.3, -0.25) is 0 Å². The summed E-state index contributed by atoms with van der Waals surface area (Å²) in [5.74, 6) is 0.298. The van der Waals surface area contributed by atoms with Crippen LogP contribution in [0.2, 0.25) is 5.15 Å². The highest BCUT2D eigenvalue weighted by atomic mass is 35.5. The van der Waals surface area contributed by atoms with E-state index < -0.39 is 5.97 Å². The Labute approximate surface area is 145 Å². The minimum Gasteiger partial charge on any atom is -0.496 e. The van der Waals surface area contributed by atoms with Crippen LogP contribution in [-0.2, 0) is 16.0 Å². The molecule has 0 fully saturated rings. The molecule has 1 aromatic heterocycles. The molecular formula is C17H18ClN3O3. The van der Waals surface area contributed by atoms with Gasteiger partial charge in [0.15, 0.2) is 0 Å². The number of benzene rings is 1. The van der Waals surface area contributed by atoms with E-state index in [1.807, 2.05) is 24.3 Å². The van der Waals surface area contributed by atoms with Crippen molar-refractivity contribution in [1.82, 2.24) is 9.97 Å². The number of hydrogen-bond donors (Lipinski definition) is 1. The highest BCUT2D eigenvalue weighted by Crippen LogP contribution is 2.27. The van der Waals surface area contributed by atoms with Crippen molar-refractivity contribution in [2.75, 3.05) is 19.5 Å². The number of nitrogens with two attached hydrogens (primary N) is 1. The molecule has 0 atom stereocenters. The molecule has 1 heterocycles. The fourth-order valence-electron chi connectivity index (χ4n) is 2.17. The summed E-state index contributed by atoms with van der Waals surface area (Å²) in [5, 5.41) is 0.233. The third-order valence-corrected chi connectivity index (χ3v) is 3.54. The lowest BCUT2D eigenvalue weighted by Crippen LogP contribution is -2.05. The number of rotatable bonds is 6. The summed E-state index contributed by atoms with van der Waals surface area (Å²) in [6.45, 7) is 2.03. The number of carbonyl (C=O) groups excluding carboxylic acids is 1. The lowest BCUT2D eigenvalue weighted by atomic mass is 10.0. The van der Waals surface area contributed by atoms with Gasteiger partial charge in [-0.2, -0.15) is 0 Å².